The summed E-state index contributed by atoms with van der Waals surface area (Å²) in [5.74, 6) is -0.270. The van der Waals surface area contributed by atoms with Crippen LogP contribution in [0.15, 0.2) is 18.2 Å². The Bertz CT molecular complexity index is 470. The largest absolute Gasteiger partial charge is 0.349 e. The monoisotopic (exact) mass is 284 g/mol. The highest BCUT2D eigenvalue weighted by molar-refractivity contribution is 6.31. The predicted molar refractivity (Wildman–Crippen MR) is 73.4 cm³/mol. The molecule has 0 bridgehead atoms. The smallest absolute Gasteiger partial charge is 0.225 e. The van der Waals surface area contributed by atoms with Gasteiger partial charge < -0.3 is 11.1 Å². The van der Waals surface area contributed by atoms with Gasteiger partial charge in [-0.05, 0) is 37.8 Å². The van der Waals surface area contributed by atoms with Gasteiger partial charge in [-0.3, -0.25) is 4.79 Å². The van der Waals surface area contributed by atoms with Gasteiger partial charge in [0.15, 0.2) is 0 Å². The van der Waals surface area contributed by atoms with E-state index < -0.39 is 11.4 Å². The number of halogens is 2. The second kappa shape index (κ2) is 5.47. The van der Waals surface area contributed by atoms with Crippen molar-refractivity contribution in [3.63, 3.8) is 0 Å². The van der Waals surface area contributed by atoms with Crippen molar-refractivity contribution >= 4 is 17.5 Å². The molecule has 1 aliphatic rings. The van der Waals surface area contributed by atoms with Gasteiger partial charge in [0.05, 0.1) is 12.0 Å². The lowest BCUT2D eigenvalue weighted by molar-refractivity contribution is -0.122. The first-order valence-corrected chi connectivity index (χ1v) is 6.78. The normalized spacial score (nSPS) is 17.9. The van der Waals surface area contributed by atoms with E-state index in [4.69, 9.17) is 17.3 Å². The molecule has 3 N–H and O–H groups in total. The number of carbonyl (C=O) groups excluding carboxylic acids is 1. The highest BCUT2D eigenvalue weighted by Gasteiger charge is 2.41. The molecule has 1 fully saturated rings. The van der Waals surface area contributed by atoms with Gasteiger partial charge in [0.25, 0.3) is 0 Å². The van der Waals surface area contributed by atoms with Gasteiger partial charge in [-0.15, -0.1) is 0 Å². The summed E-state index contributed by atoms with van der Waals surface area (Å²) >= 11 is 5.91. The molecule has 1 saturated carbocycles. The Morgan fingerprint density at radius 2 is 2.26 bits per heavy atom. The molecule has 1 aromatic carbocycles. The van der Waals surface area contributed by atoms with Crippen molar-refractivity contribution in [1.29, 1.82) is 0 Å². The molecule has 1 aromatic rings. The summed E-state index contributed by atoms with van der Waals surface area (Å²) in [4.78, 5) is 12.0. The zero-order valence-corrected chi connectivity index (χ0v) is 11.6. The first kappa shape index (κ1) is 14.3. The molecule has 0 spiro atoms. The number of nitrogens with two attached hydrogens (primary N) is 1. The maximum absolute atomic E-state index is 13.6. The van der Waals surface area contributed by atoms with E-state index in [1.54, 1.807) is 6.07 Å². The maximum Gasteiger partial charge on any atom is 0.225 e. The first-order chi connectivity index (χ1) is 8.96. The predicted octanol–water partition coefficient (Wildman–Crippen LogP) is 2.27. The fraction of sp³-hybridized carbons (Fsp3) is 0.500. The Labute approximate surface area is 117 Å². The molecule has 1 unspecified atom stereocenters. The number of rotatable bonds is 5. The molecule has 1 amide bonds. The number of benzene rings is 1. The standard InChI is InChI=1S/C14H18ClFN2O/c1-14(8-17,9-5-6-9)18-13(19)7-10-11(15)3-2-4-12(10)16/h2-4,9H,5-8,17H2,1H3,(H,18,19). The third-order valence-corrected chi connectivity index (χ3v) is 4.08. The van der Waals surface area contributed by atoms with Crippen LogP contribution in [0.4, 0.5) is 4.39 Å². The zero-order valence-electron chi connectivity index (χ0n) is 10.9. The molecule has 3 nitrogen and oxygen atoms in total. The highest BCUT2D eigenvalue weighted by atomic mass is 35.5. The fourth-order valence-corrected chi connectivity index (χ4v) is 2.49. The molecule has 0 heterocycles. The molecule has 5 heteroatoms. The van der Waals surface area contributed by atoms with E-state index in [9.17, 15) is 9.18 Å². The molecule has 0 aromatic heterocycles. The van der Waals surface area contributed by atoms with Gasteiger partial charge in [0.1, 0.15) is 5.82 Å². The minimum atomic E-state index is -0.455. The summed E-state index contributed by atoms with van der Waals surface area (Å²) < 4.78 is 13.6. The van der Waals surface area contributed by atoms with E-state index in [0.29, 0.717) is 12.5 Å². The van der Waals surface area contributed by atoms with Gasteiger partial charge in [-0.2, -0.15) is 0 Å². The lowest BCUT2D eigenvalue weighted by Crippen LogP contribution is -2.53. The third kappa shape index (κ3) is 3.25. The van der Waals surface area contributed by atoms with E-state index in [0.717, 1.165) is 12.8 Å². The van der Waals surface area contributed by atoms with Gasteiger partial charge in [-0.1, -0.05) is 17.7 Å². The second-order valence-electron chi connectivity index (χ2n) is 5.32. The first-order valence-electron chi connectivity index (χ1n) is 6.40. The molecule has 19 heavy (non-hydrogen) atoms. The summed E-state index contributed by atoms with van der Waals surface area (Å²) in [6.07, 6.45) is 2.09. The van der Waals surface area contributed by atoms with Gasteiger partial charge in [-0.25, -0.2) is 4.39 Å². The average Bonchev–Trinajstić information content (AvgIpc) is 3.18. The van der Waals surface area contributed by atoms with Crippen molar-refractivity contribution in [2.45, 2.75) is 31.7 Å². The Hall–Kier alpha value is -1.13. The molecule has 0 aliphatic heterocycles. The Balaban J connectivity index is 2.05. The Morgan fingerprint density at radius 1 is 1.58 bits per heavy atom. The topological polar surface area (TPSA) is 55.1 Å². The summed E-state index contributed by atoms with van der Waals surface area (Å²) in [7, 11) is 0. The molecule has 104 valence electrons. The van der Waals surface area contributed by atoms with E-state index in [2.05, 4.69) is 5.32 Å². The van der Waals surface area contributed by atoms with Crippen LogP contribution in [0.5, 0.6) is 0 Å². The summed E-state index contributed by atoms with van der Waals surface area (Å²) in [5, 5.41) is 3.19. The maximum atomic E-state index is 13.6. The van der Waals surface area contributed by atoms with Crippen LogP contribution in [-0.4, -0.2) is 18.0 Å². The van der Waals surface area contributed by atoms with Crippen molar-refractivity contribution in [3.8, 4) is 0 Å². The number of amides is 1. The van der Waals surface area contributed by atoms with Gasteiger partial charge in [0, 0.05) is 17.1 Å². The minimum Gasteiger partial charge on any atom is -0.349 e. The third-order valence-electron chi connectivity index (χ3n) is 3.73. The van der Waals surface area contributed by atoms with Crippen LogP contribution in [-0.2, 0) is 11.2 Å². The molecule has 1 atom stereocenters. The van der Waals surface area contributed by atoms with Crippen molar-refractivity contribution in [2.24, 2.45) is 11.7 Å². The summed E-state index contributed by atoms with van der Waals surface area (Å²) in [6.45, 7) is 2.32. The lowest BCUT2D eigenvalue weighted by atomic mass is 9.95. The van der Waals surface area contributed by atoms with Gasteiger partial charge in [0.2, 0.25) is 5.91 Å². The van der Waals surface area contributed by atoms with Crippen molar-refractivity contribution < 1.29 is 9.18 Å². The SMILES string of the molecule is CC(CN)(NC(=O)Cc1c(F)cccc1Cl)C1CC1. The average molecular weight is 285 g/mol. The van der Waals surface area contributed by atoms with E-state index >= 15 is 0 Å². The quantitative estimate of drug-likeness (QED) is 0.871. The Morgan fingerprint density at radius 3 is 2.79 bits per heavy atom. The van der Waals surface area contributed by atoms with Gasteiger partial charge >= 0.3 is 0 Å². The van der Waals surface area contributed by atoms with Crippen LogP contribution < -0.4 is 11.1 Å². The van der Waals surface area contributed by atoms with Crippen LogP contribution in [0.2, 0.25) is 5.02 Å². The van der Waals surface area contributed by atoms with E-state index in [1.165, 1.54) is 12.1 Å². The molecule has 1 aliphatic carbocycles. The molecular weight excluding hydrogens is 267 g/mol. The van der Waals surface area contributed by atoms with Crippen LogP contribution in [0.1, 0.15) is 25.3 Å². The van der Waals surface area contributed by atoms with Crippen LogP contribution in [0.3, 0.4) is 0 Å². The fourth-order valence-electron chi connectivity index (χ4n) is 2.26. The molecule has 0 saturated heterocycles. The number of carbonyl (C=O) groups is 1. The molecule has 0 radical (unpaired) electrons. The number of hydrogen-bond donors (Lipinski definition) is 2. The minimum absolute atomic E-state index is 0.0617. The van der Waals surface area contributed by atoms with Crippen molar-refractivity contribution in [3.05, 3.63) is 34.6 Å². The summed E-state index contributed by atoms with van der Waals surface area (Å²) in [5.41, 5.74) is 5.57. The lowest BCUT2D eigenvalue weighted by Gasteiger charge is -2.29. The van der Waals surface area contributed by atoms with Crippen LogP contribution >= 0.6 is 11.6 Å². The van der Waals surface area contributed by atoms with Crippen molar-refractivity contribution in [1.82, 2.24) is 5.32 Å². The molecule has 2 rings (SSSR count). The highest BCUT2D eigenvalue weighted by Crippen LogP contribution is 2.39. The number of nitrogens with one attached hydrogen (secondary N) is 1. The molecular formula is C14H18ClFN2O. The van der Waals surface area contributed by atoms with E-state index in [-0.39, 0.29) is 22.9 Å². The number of hydrogen-bond acceptors (Lipinski definition) is 2. The summed E-state index contributed by atoms with van der Waals surface area (Å²) in [6, 6.07) is 4.40. The van der Waals surface area contributed by atoms with Crippen LogP contribution in [0, 0.1) is 11.7 Å². The zero-order chi connectivity index (χ0) is 14.0. The van der Waals surface area contributed by atoms with Crippen molar-refractivity contribution in [2.75, 3.05) is 6.54 Å². The van der Waals surface area contributed by atoms with Crippen LogP contribution in [0.25, 0.3) is 0 Å². The van der Waals surface area contributed by atoms with E-state index in [1.807, 2.05) is 6.92 Å². The Kier molecular flexibility index (Phi) is 4.11. The second-order valence-corrected chi connectivity index (χ2v) is 5.73.